The average Bonchev–Trinajstić information content (AvgIpc) is 3.38. The molecule has 0 radical (unpaired) electrons. The highest BCUT2D eigenvalue weighted by molar-refractivity contribution is 5.95. The summed E-state index contributed by atoms with van der Waals surface area (Å²) in [7, 11) is 1.67. The molecule has 35 heavy (non-hydrogen) atoms. The summed E-state index contributed by atoms with van der Waals surface area (Å²) >= 11 is 0. The summed E-state index contributed by atoms with van der Waals surface area (Å²) in [6.07, 6.45) is 2.21. The first-order valence-corrected chi connectivity index (χ1v) is 11.1. The van der Waals surface area contributed by atoms with Gasteiger partial charge in [0, 0.05) is 25.1 Å². The number of benzene rings is 2. The molecule has 0 bridgehead atoms. The number of hydrogen-bond donors (Lipinski definition) is 3. The van der Waals surface area contributed by atoms with Crippen LogP contribution in [0.1, 0.15) is 40.0 Å². The number of alkyl carbamates (subject to hydrolysis) is 1. The number of carbonyl (C=O) groups is 3. The highest BCUT2D eigenvalue weighted by atomic mass is 16.5. The normalized spacial score (nSPS) is 12.6. The minimum atomic E-state index is -1.05. The molecule has 0 spiro atoms. The van der Waals surface area contributed by atoms with E-state index >= 15 is 0 Å². The van der Waals surface area contributed by atoms with Crippen LogP contribution in [-0.4, -0.2) is 46.0 Å². The number of ether oxygens (including phenoxy) is 1. The number of aryl methyl sites for hydroxylation is 1. The first-order chi connectivity index (χ1) is 16.9. The number of nitrogens with one attached hydrogen (secondary N) is 2. The smallest absolute Gasteiger partial charge is 0.407 e. The third-order valence-corrected chi connectivity index (χ3v) is 6.06. The molecule has 180 valence electrons. The molecule has 0 unspecified atom stereocenters. The second-order valence-corrected chi connectivity index (χ2v) is 8.21. The summed E-state index contributed by atoms with van der Waals surface area (Å²) in [5.74, 6) is -1.51. The monoisotopic (exact) mass is 474 g/mol. The van der Waals surface area contributed by atoms with Crippen molar-refractivity contribution in [2.75, 3.05) is 13.2 Å². The van der Waals surface area contributed by atoms with Crippen LogP contribution in [0.25, 0.3) is 11.1 Å². The highest BCUT2D eigenvalue weighted by Crippen LogP contribution is 2.44. The summed E-state index contributed by atoms with van der Waals surface area (Å²) in [6, 6.07) is 16.2. The molecule has 9 nitrogen and oxygen atoms in total. The third-order valence-electron chi connectivity index (χ3n) is 6.06. The summed E-state index contributed by atoms with van der Waals surface area (Å²) in [5.41, 5.74) is 5.46. The molecule has 4 rings (SSSR count). The first-order valence-electron chi connectivity index (χ1n) is 11.1. The molecule has 0 atom stereocenters. The van der Waals surface area contributed by atoms with E-state index in [-0.39, 0.29) is 36.8 Å². The Hall–Kier alpha value is -4.40. The van der Waals surface area contributed by atoms with Crippen molar-refractivity contribution in [3.05, 3.63) is 88.8 Å². The fraction of sp³-hybridized carbons (Fsp3) is 0.231. The van der Waals surface area contributed by atoms with Gasteiger partial charge in [0.25, 0.3) is 5.91 Å². The minimum Gasteiger partial charge on any atom is -0.478 e. The standard InChI is InChI=1S/C26H26N4O5/c1-16(25(32)33)11-12-27-24(31)21-13-29-30(2)23(21)14-28-26(34)35-15-22-19-9-5-3-7-17(19)18-8-4-6-10-20(18)22/h3-11,13,22H,12,14-15H2,1-2H3,(H,27,31)(H,28,34)(H,32,33)/b16-11+. The van der Waals surface area contributed by atoms with E-state index < -0.39 is 18.0 Å². The van der Waals surface area contributed by atoms with Crippen molar-refractivity contribution in [2.45, 2.75) is 19.4 Å². The fourth-order valence-electron chi connectivity index (χ4n) is 4.15. The summed E-state index contributed by atoms with van der Waals surface area (Å²) in [6.45, 7) is 1.74. The second-order valence-electron chi connectivity index (χ2n) is 8.21. The van der Waals surface area contributed by atoms with Crippen LogP contribution in [0, 0.1) is 0 Å². The quantitative estimate of drug-likeness (QED) is 0.431. The van der Waals surface area contributed by atoms with Gasteiger partial charge in [0.1, 0.15) is 6.61 Å². The number of amides is 2. The zero-order chi connectivity index (χ0) is 24.9. The van der Waals surface area contributed by atoms with Crippen LogP contribution in [0.2, 0.25) is 0 Å². The van der Waals surface area contributed by atoms with Crippen LogP contribution in [-0.2, 0) is 23.1 Å². The third kappa shape index (κ3) is 5.08. The molecular weight excluding hydrogens is 448 g/mol. The van der Waals surface area contributed by atoms with Crippen molar-refractivity contribution >= 4 is 18.0 Å². The molecule has 0 fully saturated rings. The molecule has 2 amide bonds. The minimum absolute atomic E-state index is 0.0416. The first kappa shape index (κ1) is 23.7. The van der Waals surface area contributed by atoms with Gasteiger partial charge in [0.2, 0.25) is 0 Å². The zero-order valence-electron chi connectivity index (χ0n) is 19.4. The van der Waals surface area contributed by atoms with Crippen molar-refractivity contribution in [3.63, 3.8) is 0 Å². The van der Waals surface area contributed by atoms with Gasteiger partial charge in [-0.2, -0.15) is 5.10 Å². The van der Waals surface area contributed by atoms with Crippen LogP contribution < -0.4 is 10.6 Å². The second kappa shape index (κ2) is 10.3. The van der Waals surface area contributed by atoms with Crippen LogP contribution in [0.15, 0.2) is 66.4 Å². The maximum absolute atomic E-state index is 12.5. The molecule has 2 aromatic carbocycles. The lowest BCUT2D eigenvalue weighted by Gasteiger charge is -2.15. The van der Waals surface area contributed by atoms with E-state index in [2.05, 4.69) is 40.0 Å². The number of carboxylic acid groups (broad SMARTS) is 1. The summed E-state index contributed by atoms with van der Waals surface area (Å²) in [5, 5.41) is 18.3. The Kier molecular flexibility index (Phi) is 6.96. The van der Waals surface area contributed by atoms with Gasteiger partial charge in [0.05, 0.1) is 24.0 Å². The number of carbonyl (C=O) groups excluding carboxylic acids is 2. The van der Waals surface area contributed by atoms with E-state index in [1.54, 1.807) is 7.05 Å². The number of rotatable bonds is 8. The van der Waals surface area contributed by atoms with Gasteiger partial charge in [-0.05, 0) is 29.2 Å². The molecule has 3 aromatic rings. The number of aliphatic carboxylic acids is 1. The van der Waals surface area contributed by atoms with Gasteiger partial charge in [-0.15, -0.1) is 0 Å². The number of nitrogens with zero attached hydrogens (tertiary/aromatic N) is 2. The lowest BCUT2D eigenvalue weighted by molar-refractivity contribution is -0.132. The lowest BCUT2D eigenvalue weighted by atomic mass is 9.98. The number of aromatic nitrogens is 2. The number of hydrogen-bond acceptors (Lipinski definition) is 5. The van der Waals surface area contributed by atoms with Crippen LogP contribution in [0.5, 0.6) is 0 Å². The van der Waals surface area contributed by atoms with Crippen molar-refractivity contribution in [1.29, 1.82) is 0 Å². The Morgan fingerprint density at radius 3 is 2.31 bits per heavy atom. The molecular formula is C26H26N4O5. The average molecular weight is 475 g/mol. The molecule has 1 aromatic heterocycles. The molecule has 1 aliphatic rings. The van der Waals surface area contributed by atoms with Gasteiger partial charge in [0.15, 0.2) is 0 Å². The molecule has 1 aliphatic carbocycles. The Bertz CT molecular complexity index is 1270. The van der Waals surface area contributed by atoms with Crippen molar-refractivity contribution in [2.24, 2.45) is 7.05 Å². The maximum atomic E-state index is 12.5. The van der Waals surface area contributed by atoms with Gasteiger partial charge in [-0.25, -0.2) is 9.59 Å². The molecule has 0 saturated carbocycles. The van der Waals surface area contributed by atoms with Gasteiger partial charge in [-0.1, -0.05) is 54.6 Å². The Labute approximate surface area is 202 Å². The summed E-state index contributed by atoms with van der Waals surface area (Å²) in [4.78, 5) is 35.9. The van der Waals surface area contributed by atoms with Crippen molar-refractivity contribution in [1.82, 2.24) is 20.4 Å². The van der Waals surface area contributed by atoms with Crippen LogP contribution >= 0.6 is 0 Å². The zero-order valence-corrected chi connectivity index (χ0v) is 19.4. The predicted molar refractivity (Wildman–Crippen MR) is 129 cm³/mol. The van der Waals surface area contributed by atoms with Crippen molar-refractivity contribution < 1.29 is 24.2 Å². The fourth-order valence-corrected chi connectivity index (χ4v) is 4.15. The SMILES string of the molecule is C/C(=C\CNC(=O)c1cnn(C)c1CNC(=O)OCC1c2ccccc2-c2ccccc21)C(=O)O. The highest BCUT2D eigenvalue weighted by Gasteiger charge is 2.29. The molecule has 0 aliphatic heterocycles. The molecule has 0 saturated heterocycles. The predicted octanol–water partition coefficient (Wildman–Crippen LogP) is 3.22. The molecule has 1 heterocycles. The van der Waals surface area contributed by atoms with Gasteiger partial charge in [-0.3, -0.25) is 9.48 Å². The Morgan fingerprint density at radius 2 is 1.69 bits per heavy atom. The van der Waals surface area contributed by atoms with Crippen LogP contribution in [0.3, 0.4) is 0 Å². The van der Waals surface area contributed by atoms with Crippen LogP contribution in [0.4, 0.5) is 4.79 Å². The summed E-state index contributed by atoms with van der Waals surface area (Å²) < 4.78 is 7.05. The largest absolute Gasteiger partial charge is 0.478 e. The topological polar surface area (TPSA) is 123 Å². The lowest BCUT2D eigenvalue weighted by Crippen LogP contribution is -2.29. The number of carboxylic acids is 1. The van der Waals surface area contributed by atoms with E-state index in [0.717, 1.165) is 22.3 Å². The molecule has 9 heteroatoms. The molecule has 3 N–H and O–H groups in total. The van der Waals surface area contributed by atoms with E-state index in [9.17, 15) is 14.4 Å². The van der Waals surface area contributed by atoms with Crippen molar-refractivity contribution in [3.8, 4) is 11.1 Å². The Balaban J connectivity index is 1.35. The van der Waals surface area contributed by atoms with Gasteiger partial charge >= 0.3 is 12.1 Å². The van der Waals surface area contributed by atoms with E-state index in [1.165, 1.54) is 23.9 Å². The maximum Gasteiger partial charge on any atom is 0.407 e. The Morgan fingerprint density at radius 1 is 1.06 bits per heavy atom. The van der Waals surface area contributed by atoms with E-state index in [1.807, 2.05) is 24.3 Å². The van der Waals surface area contributed by atoms with E-state index in [0.29, 0.717) is 5.69 Å². The van der Waals surface area contributed by atoms with Gasteiger partial charge < -0.3 is 20.5 Å². The number of fused-ring (bicyclic) bond motifs is 3. The van der Waals surface area contributed by atoms with E-state index in [4.69, 9.17) is 9.84 Å².